The summed E-state index contributed by atoms with van der Waals surface area (Å²) in [4.78, 5) is 4.50. The molecule has 0 bridgehead atoms. The lowest BCUT2D eigenvalue weighted by Crippen LogP contribution is -2.33. The van der Waals surface area contributed by atoms with E-state index in [-0.39, 0.29) is 0 Å². The fourth-order valence-corrected chi connectivity index (χ4v) is 1.80. The molecule has 0 aliphatic heterocycles. The van der Waals surface area contributed by atoms with E-state index in [0.717, 1.165) is 37.7 Å². The largest absolute Gasteiger partial charge is 0.314 e. The number of halogens is 1. The summed E-state index contributed by atoms with van der Waals surface area (Å²) in [6.07, 6.45) is 0. The third-order valence-corrected chi connectivity index (χ3v) is 3.02. The van der Waals surface area contributed by atoms with Crippen LogP contribution in [-0.2, 0) is 6.54 Å². The molecule has 1 N–H and O–H groups in total. The number of nitrogens with one attached hydrogen (secondary N) is 1. The molecule has 0 fully saturated rings. The first-order chi connectivity index (χ1) is 8.58. The maximum absolute atomic E-state index is 5.86. The molecular weight excluding hydrogens is 246 g/mol. The van der Waals surface area contributed by atoms with Crippen molar-refractivity contribution in [3.05, 3.63) is 34.9 Å². The molecule has 1 aromatic rings. The lowest BCUT2D eigenvalue weighted by molar-refractivity contribution is 0.319. The molecule has 0 radical (unpaired) electrons. The van der Waals surface area contributed by atoms with Gasteiger partial charge in [0, 0.05) is 37.7 Å². The van der Waals surface area contributed by atoms with E-state index < -0.39 is 0 Å². The van der Waals surface area contributed by atoms with E-state index in [2.05, 4.69) is 48.4 Å². The van der Waals surface area contributed by atoms with Crippen LogP contribution in [-0.4, -0.2) is 57.1 Å². The zero-order chi connectivity index (χ0) is 13.4. The Labute approximate surface area is 116 Å². The van der Waals surface area contributed by atoms with Crippen molar-refractivity contribution in [2.24, 2.45) is 0 Å². The molecule has 0 spiro atoms. The SMILES string of the molecule is CN(C)CCNCCN(C)Cc1ccc(Cl)cc1. The van der Waals surface area contributed by atoms with Crippen molar-refractivity contribution >= 4 is 11.6 Å². The second-order valence-corrected chi connectivity index (χ2v) is 5.35. The van der Waals surface area contributed by atoms with Crippen LogP contribution in [0.1, 0.15) is 5.56 Å². The fraction of sp³-hybridized carbons (Fsp3) is 0.571. The van der Waals surface area contributed by atoms with Crippen molar-refractivity contribution in [2.75, 3.05) is 47.3 Å². The highest BCUT2D eigenvalue weighted by Gasteiger charge is 2.00. The molecule has 18 heavy (non-hydrogen) atoms. The van der Waals surface area contributed by atoms with E-state index in [0.29, 0.717) is 0 Å². The molecule has 0 unspecified atom stereocenters. The van der Waals surface area contributed by atoms with Gasteiger partial charge < -0.3 is 15.1 Å². The highest BCUT2D eigenvalue weighted by Crippen LogP contribution is 2.10. The molecule has 0 saturated heterocycles. The summed E-state index contributed by atoms with van der Waals surface area (Å²) in [5.41, 5.74) is 1.30. The molecule has 0 amide bonds. The number of benzene rings is 1. The fourth-order valence-electron chi connectivity index (χ4n) is 1.68. The van der Waals surface area contributed by atoms with Crippen molar-refractivity contribution in [1.29, 1.82) is 0 Å². The van der Waals surface area contributed by atoms with Crippen LogP contribution in [0.3, 0.4) is 0 Å². The Bertz CT molecular complexity index is 324. The standard InChI is InChI=1S/C14H24ClN3/c1-17(2)10-8-16-9-11-18(3)12-13-4-6-14(15)7-5-13/h4-7,16H,8-12H2,1-3H3. The molecule has 0 atom stereocenters. The van der Waals surface area contributed by atoms with Gasteiger partial charge in [-0.05, 0) is 38.8 Å². The zero-order valence-electron chi connectivity index (χ0n) is 11.6. The second kappa shape index (κ2) is 8.48. The van der Waals surface area contributed by atoms with Crippen LogP contribution < -0.4 is 5.32 Å². The topological polar surface area (TPSA) is 18.5 Å². The Morgan fingerprint density at radius 1 is 1.00 bits per heavy atom. The highest BCUT2D eigenvalue weighted by molar-refractivity contribution is 6.30. The third kappa shape index (κ3) is 6.97. The lowest BCUT2D eigenvalue weighted by atomic mass is 10.2. The molecule has 1 rings (SSSR count). The summed E-state index contributed by atoms with van der Waals surface area (Å²) in [5.74, 6) is 0. The van der Waals surface area contributed by atoms with E-state index in [1.165, 1.54) is 5.56 Å². The molecule has 4 heteroatoms. The van der Waals surface area contributed by atoms with Crippen LogP contribution in [0.4, 0.5) is 0 Å². The molecule has 0 aliphatic rings. The van der Waals surface area contributed by atoms with Gasteiger partial charge in [0.15, 0.2) is 0 Å². The monoisotopic (exact) mass is 269 g/mol. The first-order valence-corrected chi connectivity index (χ1v) is 6.74. The average Bonchev–Trinajstić information content (AvgIpc) is 2.31. The van der Waals surface area contributed by atoms with Crippen LogP contribution in [0, 0.1) is 0 Å². The average molecular weight is 270 g/mol. The van der Waals surface area contributed by atoms with Crippen molar-refractivity contribution in [3.63, 3.8) is 0 Å². The molecule has 1 aromatic carbocycles. The maximum atomic E-state index is 5.86. The van der Waals surface area contributed by atoms with Gasteiger partial charge in [0.05, 0.1) is 0 Å². The van der Waals surface area contributed by atoms with Gasteiger partial charge in [-0.2, -0.15) is 0 Å². The highest BCUT2D eigenvalue weighted by atomic mass is 35.5. The predicted octanol–water partition coefficient (Wildman–Crippen LogP) is 1.92. The lowest BCUT2D eigenvalue weighted by Gasteiger charge is -2.17. The Kier molecular flexibility index (Phi) is 7.28. The Hall–Kier alpha value is -0.610. The number of likely N-dealkylation sites (N-methyl/N-ethyl adjacent to an activating group) is 2. The second-order valence-electron chi connectivity index (χ2n) is 4.92. The van der Waals surface area contributed by atoms with E-state index in [1.54, 1.807) is 0 Å². The quantitative estimate of drug-likeness (QED) is 0.728. The first-order valence-electron chi connectivity index (χ1n) is 6.36. The molecule has 0 aromatic heterocycles. The van der Waals surface area contributed by atoms with Crippen LogP contribution in [0.2, 0.25) is 5.02 Å². The number of rotatable bonds is 8. The van der Waals surface area contributed by atoms with Gasteiger partial charge in [0.2, 0.25) is 0 Å². The van der Waals surface area contributed by atoms with Gasteiger partial charge in [-0.3, -0.25) is 0 Å². The van der Waals surface area contributed by atoms with Gasteiger partial charge in [0.1, 0.15) is 0 Å². The molecule has 0 heterocycles. The Balaban J connectivity index is 2.13. The van der Waals surface area contributed by atoms with Crippen molar-refractivity contribution in [3.8, 4) is 0 Å². The van der Waals surface area contributed by atoms with Gasteiger partial charge in [-0.25, -0.2) is 0 Å². The van der Waals surface area contributed by atoms with Crippen molar-refractivity contribution < 1.29 is 0 Å². The van der Waals surface area contributed by atoms with E-state index >= 15 is 0 Å². The van der Waals surface area contributed by atoms with Crippen LogP contribution in [0.15, 0.2) is 24.3 Å². The van der Waals surface area contributed by atoms with Gasteiger partial charge in [-0.15, -0.1) is 0 Å². The first kappa shape index (κ1) is 15.4. The van der Waals surface area contributed by atoms with Gasteiger partial charge >= 0.3 is 0 Å². The maximum Gasteiger partial charge on any atom is 0.0406 e. The van der Waals surface area contributed by atoms with Crippen LogP contribution in [0.25, 0.3) is 0 Å². The number of nitrogens with zero attached hydrogens (tertiary/aromatic N) is 2. The summed E-state index contributed by atoms with van der Waals surface area (Å²) in [7, 11) is 6.32. The number of hydrogen-bond donors (Lipinski definition) is 1. The summed E-state index contributed by atoms with van der Waals surface area (Å²) in [5, 5.41) is 4.24. The minimum atomic E-state index is 0.798. The van der Waals surface area contributed by atoms with Gasteiger partial charge in [0.25, 0.3) is 0 Å². The predicted molar refractivity (Wildman–Crippen MR) is 79.2 cm³/mol. The molecule has 0 saturated carbocycles. The molecule has 0 aliphatic carbocycles. The Morgan fingerprint density at radius 3 is 2.22 bits per heavy atom. The summed E-state index contributed by atoms with van der Waals surface area (Å²) in [6, 6.07) is 8.05. The summed E-state index contributed by atoms with van der Waals surface area (Å²) >= 11 is 5.86. The molecule has 3 nitrogen and oxygen atoms in total. The third-order valence-electron chi connectivity index (χ3n) is 2.77. The smallest absolute Gasteiger partial charge is 0.0406 e. The normalized spacial score (nSPS) is 11.4. The summed E-state index contributed by atoms with van der Waals surface area (Å²) < 4.78 is 0. The molecular formula is C14H24ClN3. The van der Waals surface area contributed by atoms with Gasteiger partial charge in [-0.1, -0.05) is 23.7 Å². The minimum absolute atomic E-state index is 0.798. The molecule has 102 valence electrons. The zero-order valence-corrected chi connectivity index (χ0v) is 12.4. The minimum Gasteiger partial charge on any atom is -0.314 e. The van der Waals surface area contributed by atoms with Crippen LogP contribution >= 0.6 is 11.6 Å². The van der Waals surface area contributed by atoms with Crippen LogP contribution in [0.5, 0.6) is 0 Å². The number of hydrogen-bond acceptors (Lipinski definition) is 3. The van der Waals surface area contributed by atoms with E-state index in [1.807, 2.05) is 12.1 Å². The summed E-state index contributed by atoms with van der Waals surface area (Å²) in [6.45, 7) is 5.17. The van der Waals surface area contributed by atoms with Crippen molar-refractivity contribution in [2.45, 2.75) is 6.54 Å². The van der Waals surface area contributed by atoms with Crippen molar-refractivity contribution in [1.82, 2.24) is 15.1 Å². The van der Waals surface area contributed by atoms with E-state index in [4.69, 9.17) is 11.6 Å². The van der Waals surface area contributed by atoms with E-state index in [9.17, 15) is 0 Å². The Morgan fingerprint density at radius 2 is 1.61 bits per heavy atom.